The van der Waals surface area contributed by atoms with E-state index in [4.69, 9.17) is 5.84 Å². The quantitative estimate of drug-likeness (QED) is 0.458. The molecule has 0 aliphatic rings. The Morgan fingerprint density at radius 3 is 2.43 bits per heavy atom. The first-order valence-corrected chi connectivity index (χ1v) is 8.92. The molecule has 0 aliphatic carbocycles. The Balaban J connectivity index is 2.51. The molecule has 122 valence electrons. The van der Waals surface area contributed by atoms with E-state index in [9.17, 15) is 13.2 Å². The van der Waals surface area contributed by atoms with Crippen molar-refractivity contribution >= 4 is 37.5 Å². The number of nitrogens with one attached hydrogen (secondary N) is 1. The largest absolute Gasteiger partial charge is 0.293 e. The fourth-order valence-corrected chi connectivity index (χ4v) is 3.76. The number of benzene rings is 2. The molecule has 3 N–H and O–H groups in total. The number of carbonyl (C=O) groups is 1. The fraction of sp³-hybridized carbons (Fsp3) is 0.133. The van der Waals surface area contributed by atoms with Crippen LogP contribution in [0.5, 0.6) is 0 Å². The number of aryl methyl sites for hydroxylation is 1. The molecule has 0 unspecified atom stereocenters. The standard InChI is InChI=1S/C15H16BrN3O3S/c1-11-5-7-14(8-6-11)23(21,22)19(10-15(20)18-17)13-4-2-3-12(16)9-13/h2-9H,10,17H2,1H3,(H,18,20). The van der Waals surface area contributed by atoms with Crippen LogP contribution in [0.15, 0.2) is 57.9 Å². The number of hydrogen-bond donors (Lipinski definition) is 2. The molecule has 23 heavy (non-hydrogen) atoms. The number of halogens is 1. The van der Waals surface area contributed by atoms with Gasteiger partial charge in [0.15, 0.2) is 0 Å². The van der Waals surface area contributed by atoms with Crippen molar-refractivity contribution in [3.8, 4) is 0 Å². The van der Waals surface area contributed by atoms with Gasteiger partial charge in [-0.1, -0.05) is 39.7 Å². The van der Waals surface area contributed by atoms with Gasteiger partial charge in [-0.25, -0.2) is 14.3 Å². The number of nitrogens with two attached hydrogens (primary N) is 1. The van der Waals surface area contributed by atoms with Gasteiger partial charge in [0.1, 0.15) is 6.54 Å². The first-order valence-electron chi connectivity index (χ1n) is 6.69. The van der Waals surface area contributed by atoms with Crippen molar-refractivity contribution in [2.24, 2.45) is 5.84 Å². The number of amides is 1. The number of sulfonamides is 1. The second-order valence-electron chi connectivity index (χ2n) is 4.87. The first kappa shape index (κ1) is 17.5. The average Bonchev–Trinajstić information content (AvgIpc) is 2.52. The van der Waals surface area contributed by atoms with Crippen LogP contribution in [-0.2, 0) is 14.8 Å². The molecule has 1 amide bonds. The lowest BCUT2D eigenvalue weighted by Crippen LogP contribution is -2.43. The van der Waals surface area contributed by atoms with Gasteiger partial charge < -0.3 is 0 Å². The molecular weight excluding hydrogens is 382 g/mol. The highest BCUT2D eigenvalue weighted by Crippen LogP contribution is 2.26. The molecule has 2 rings (SSSR count). The van der Waals surface area contributed by atoms with Gasteiger partial charge in [0.25, 0.3) is 15.9 Å². The van der Waals surface area contributed by atoms with E-state index in [2.05, 4.69) is 15.9 Å². The Labute approximate surface area is 143 Å². The van der Waals surface area contributed by atoms with Crippen molar-refractivity contribution < 1.29 is 13.2 Å². The topological polar surface area (TPSA) is 92.5 Å². The average molecular weight is 398 g/mol. The molecule has 0 bridgehead atoms. The number of carbonyl (C=O) groups excluding carboxylic acids is 1. The molecule has 2 aromatic carbocycles. The zero-order chi connectivity index (χ0) is 17.0. The Hall–Kier alpha value is -1.90. The van der Waals surface area contributed by atoms with Gasteiger partial charge >= 0.3 is 0 Å². The van der Waals surface area contributed by atoms with E-state index in [0.717, 1.165) is 9.87 Å². The summed E-state index contributed by atoms with van der Waals surface area (Å²) >= 11 is 3.30. The predicted molar refractivity (Wildman–Crippen MR) is 92.2 cm³/mol. The minimum atomic E-state index is -3.90. The zero-order valence-corrected chi connectivity index (χ0v) is 14.8. The molecule has 0 fully saturated rings. The highest BCUT2D eigenvalue weighted by molar-refractivity contribution is 9.10. The van der Waals surface area contributed by atoms with Crippen LogP contribution in [0.25, 0.3) is 0 Å². The van der Waals surface area contributed by atoms with E-state index in [1.54, 1.807) is 36.4 Å². The van der Waals surface area contributed by atoms with Crippen LogP contribution in [0.3, 0.4) is 0 Å². The van der Waals surface area contributed by atoms with Gasteiger partial charge in [-0.05, 0) is 37.3 Å². The summed E-state index contributed by atoms with van der Waals surface area (Å²) in [5.74, 6) is 4.49. The summed E-state index contributed by atoms with van der Waals surface area (Å²) in [6.07, 6.45) is 0. The Morgan fingerprint density at radius 2 is 1.87 bits per heavy atom. The lowest BCUT2D eigenvalue weighted by atomic mass is 10.2. The summed E-state index contributed by atoms with van der Waals surface area (Å²) in [7, 11) is -3.90. The smallest absolute Gasteiger partial charge is 0.264 e. The molecular formula is C15H16BrN3O3S. The molecule has 2 aromatic rings. The van der Waals surface area contributed by atoms with Crippen LogP contribution in [0.4, 0.5) is 5.69 Å². The number of anilines is 1. The lowest BCUT2D eigenvalue weighted by Gasteiger charge is -2.24. The first-order chi connectivity index (χ1) is 10.8. The van der Waals surface area contributed by atoms with E-state index in [-0.39, 0.29) is 4.90 Å². The van der Waals surface area contributed by atoms with Crippen LogP contribution in [0, 0.1) is 6.92 Å². The number of rotatable bonds is 5. The van der Waals surface area contributed by atoms with E-state index in [0.29, 0.717) is 10.2 Å². The molecule has 0 aliphatic heterocycles. The van der Waals surface area contributed by atoms with E-state index in [1.165, 1.54) is 12.1 Å². The van der Waals surface area contributed by atoms with E-state index >= 15 is 0 Å². The summed E-state index contributed by atoms with van der Waals surface area (Å²) in [5, 5.41) is 0. The number of hydrogen-bond acceptors (Lipinski definition) is 4. The molecule has 0 saturated carbocycles. The molecule has 6 nitrogen and oxygen atoms in total. The second kappa shape index (κ2) is 7.12. The Morgan fingerprint density at radius 1 is 1.22 bits per heavy atom. The van der Waals surface area contributed by atoms with Crippen LogP contribution in [-0.4, -0.2) is 20.9 Å². The van der Waals surface area contributed by atoms with Crippen molar-refractivity contribution in [1.82, 2.24) is 5.43 Å². The third kappa shape index (κ3) is 4.10. The molecule has 8 heteroatoms. The monoisotopic (exact) mass is 397 g/mol. The van der Waals surface area contributed by atoms with Crippen LogP contribution >= 0.6 is 15.9 Å². The van der Waals surface area contributed by atoms with Crippen LogP contribution < -0.4 is 15.6 Å². The number of nitrogens with zero attached hydrogens (tertiary/aromatic N) is 1. The van der Waals surface area contributed by atoms with Crippen molar-refractivity contribution in [2.45, 2.75) is 11.8 Å². The minimum Gasteiger partial charge on any atom is -0.293 e. The fourth-order valence-electron chi connectivity index (χ4n) is 1.96. The maximum Gasteiger partial charge on any atom is 0.264 e. The third-order valence-electron chi connectivity index (χ3n) is 3.15. The van der Waals surface area contributed by atoms with Gasteiger partial charge in [0, 0.05) is 4.47 Å². The molecule has 0 saturated heterocycles. The predicted octanol–water partition coefficient (Wildman–Crippen LogP) is 1.94. The molecule has 0 aromatic heterocycles. The second-order valence-corrected chi connectivity index (χ2v) is 7.65. The maximum atomic E-state index is 12.9. The third-order valence-corrected chi connectivity index (χ3v) is 5.43. The SMILES string of the molecule is Cc1ccc(S(=O)(=O)N(CC(=O)NN)c2cccc(Br)c2)cc1. The highest BCUT2D eigenvalue weighted by atomic mass is 79.9. The van der Waals surface area contributed by atoms with Gasteiger partial charge in [0.2, 0.25) is 0 Å². The summed E-state index contributed by atoms with van der Waals surface area (Å²) in [5.41, 5.74) is 3.26. The number of hydrazine groups is 1. The Bertz CT molecular complexity index is 807. The summed E-state index contributed by atoms with van der Waals surface area (Å²) in [6.45, 7) is 1.45. The van der Waals surface area contributed by atoms with Gasteiger partial charge in [0.05, 0.1) is 10.6 Å². The van der Waals surface area contributed by atoms with Crippen molar-refractivity contribution in [2.75, 3.05) is 10.8 Å². The van der Waals surface area contributed by atoms with Crippen molar-refractivity contribution in [1.29, 1.82) is 0 Å². The van der Waals surface area contributed by atoms with Crippen LogP contribution in [0.1, 0.15) is 5.56 Å². The lowest BCUT2D eigenvalue weighted by molar-refractivity contribution is -0.119. The van der Waals surface area contributed by atoms with Crippen molar-refractivity contribution in [3.63, 3.8) is 0 Å². The van der Waals surface area contributed by atoms with Crippen LogP contribution in [0.2, 0.25) is 0 Å². The van der Waals surface area contributed by atoms with E-state index in [1.807, 2.05) is 12.3 Å². The van der Waals surface area contributed by atoms with Gasteiger partial charge in [-0.15, -0.1) is 0 Å². The van der Waals surface area contributed by atoms with E-state index < -0.39 is 22.5 Å². The maximum absolute atomic E-state index is 12.9. The summed E-state index contributed by atoms with van der Waals surface area (Å²) in [4.78, 5) is 11.8. The Kier molecular flexibility index (Phi) is 5.40. The molecule has 0 atom stereocenters. The normalized spacial score (nSPS) is 11.1. The van der Waals surface area contributed by atoms with Crippen molar-refractivity contribution in [3.05, 3.63) is 58.6 Å². The summed E-state index contributed by atoms with van der Waals surface area (Å²) in [6, 6.07) is 13.1. The molecule has 0 heterocycles. The zero-order valence-electron chi connectivity index (χ0n) is 12.4. The van der Waals surface area contributed by atoms with Gasteiger partial charge in [-0.3, -0.25) is 14.5 Å². The van der Waals surface area contributed by atoms with Gasteiger partial charge in [-0.2, -0.15) is 0 Å². The highest BCUT2D eigenvalue weighted by Gasteiger charge is 2.27. The molecule has 0 spiro atoms. The minimum absolute atomic E-state index is 0.105. The molecule has 0 radical (unpaired) electrons. The summed E-state index contributed by atoms with van der Waals surface area (Å²) < 4.78 is 27.5.